The Morgan fingerprint density at radius 3 is 2.92 bits per heavy atom. The molecule has 3 heterocycles. The van der Waals surface area contributed by atoms with Crippen LogP contribution in [-0.4, -0.2) is 64.7 Å². The Morgan fingerprint density at radius 1 is 1.42 bits per heavy atom. The van der Waals surface area contributed by atoms with Gasteiger partial charge in [-0.05, 0) is 24.6 Å². The number of hydrogen-bond donors (Lipinski definition) is 2. The Labute approximate surface area is 138 Å². The lowest BCUT2D eigenvalue weighted by atomic mass is 10.2. The highest BCUT2D eigenvalue weighted by atomic mass is 16.5. The molecule has 1 aliphatic heterocycles. The van der Waals surface area contributed by atoms with Gasteiger partial charge in [0, 0.05) is 32.4 Å². The molecule has 0 saturated carbocycles. The average molecular weight is 332 g/mol. The van der Waals surface area contributed by atoms with Crippen molar-refractivity contribution in [3.8, 4) is 5.88 Å². The van der Waals surface area contributed by atoms with Crippen molar-refractivity contribution < 1.29 is 14.6 Å². The predicted octanol–water partition coefficient (Wildman–Crippen LogP) is -0.229. The second kappa shape index (κ2) is 6.98. The molecule has 0 bridgehead atoms. The standard InChI is InChI=1S/C16H20N4O4/c1-11-2-4-20-12(10-11)18-15(22)13(16(20)23)14(21)17-3-5-19-6-8-24-9-7-19/h2,4,10,22H,3,5-9H2,1H3,(H,17,21). The van der Waals surface area contributed by atoms with Crippen LogP contribution in [0.5, 0.6) is 5.88 Å². The number of ether oxygens (including phenoxy) is 1. The van der Waals surface area contributed by atoms with E-state index in [2.05, 4.69) is 15.2 Å². The van der Waals surface area contributed by atoms with Crippen molar-refractivity contribution >= 4 is 11.6 Å². The third kappa shape index (κ3) is 3.39. The molecule has 128 valence electrons. The van der Waals surface area contributed by atoms with Gasteiger partial charge in [0.1, 0.15) is 5.65 Å². The van der Waals surface area contributed by atoms with Crippen LogP contribution in [0.2, 0.25) is 0 Å². The third-order valence-corrected chi connectivity index (χ3v) is 4.01. The van der Waals surface area contributed by atoms with Gasteiger partial charge in [-0.1, -0.05) is 0 Å². The molecule has 0 unspecified atom stereocenters. The van der Waals surface area contributed by atoms with Gasteiger partial charge >= 0.3 is 0 Å². The molecule has 0 aliphatic carbocycles. The topological polar surface area (TPSA) is 96.2 Å². The van der Waals surface area contributed by atoms with E-state index in [9.17, 15) is 14.7 Å². The summed E-state index contributed by atoms with van der Waals surface area (Å²) in [6.07, 6.45) is 1.55. The van der Waals surface area contributed by atoms with E-state index in [1.165, 1.54) is 4.40 Å². The van der Waals surface area contributed by atoms with Crippen LogP contribution in [0.3, 0.4) is 0 Å². The Kier molecular flexibility index (Phi) is 4.77. The first-order valence-corrected chi connectivity index (χ1v) is 7.86. The lowest BCUT2D eigenvalue weighted by Crippen LogP contribution is -2.42. The molecule has 1 saturated heterocycles. The van der Waals surface area contributed by atoms with Crippen molar-refractivity contribution in [2.75, 3.05) is 39.4 Å². The van der Waals surface area contributed by atoms with E-state index in [-0.39, 0.29) is 5.56 Å². The number of morpholine rings is 1. The van der Waals surface area contributed by atoms with Gasteiger partial charge in [-0.25, -0.2) is 0 Å². The zero-order valence-electron chi connectivity index (χ0n) is 13.5. The number of fused-ring (bicyclic) bond motifs is 1. The molecule has 8 nitrogen and oxygen atoms in total. The van der Waals surface area contributed by atoms with Crippen LogP contribution in [0.4, 0.5) is 0 Å². The van der Waals surface area contributed by atoms with E-state index in [0.29, 0.717) is 32.0 Å². The second-order valence-electron chi connectivity index (χ2n) is 5.76. The first-order valence-electron chi connectivity index (χ1n) is 7.86. The lowest BCUT2D eigenvalue weighted by molar-refractivity contribution is 0.0383. The van der Waals surface area contributed by atoms with E-state index in [0.717, 1.165) is 18.7 Å². The molecule has 0 radical (unpaired) electrons. The summed E-state index contributed by atoms with van der Waals surface area (Å²) >= 11 is 0. The Morgan fingerprint density at radius 2 is 2.17 bits per heavy atom. The summed E-state index contributed by atoms with van der Waals surface area (Å²) in [4.78, 5) is 30.8. The van der Waals surface area contributed by atoms with E-state index in [1.54, 1.807) is 18.3 Å². The van der Waals surface area contributed by atoms with Crippen LogP contribution in [0.25, 0.3) is 5.65 Å². The number of aromatic hydroxyl groups is 1. The van der Waals surface area contributed by atoms with E-state index >= 15 is 0 Å². The van der Waals surface area contributed by atoms with Crippen molar-refractivity contribution in [2.45, 2.75) is 6.92 Å². The van der Waals surface area contributed by atoms with Crippen molar-refractivity contribution in [1.29, 1.82) is 0 Å². The van der Waals surface area contributed by atoms with Gasteiger partial charge in [0.2, 0.25) is 5.88 Å². The SMILES string of the molecule is Cc1ccn2c(=O)c(C(=O)NCCN3CCOCC3)c(O)nc2c1. The van der Waals surface area contributed by atoms with Crippen molar-refractivity contribution in [3.63, 3.8) is 0 Å². The van der Waals surface area contributed by atoms with Gasteiger partial charge < -0.3 is 15.2 Å². The third-order valence-electron chi connectivity index (χ3n) is 4.01. The summed E-state index contributed by atoms with van der Waals surface area (Å²) in [7, 11) is 0. The van der Waals surface area contributed by atoms with Crippen molar-refractivity contribution in [2.24, 2.45) is 0 Å². The second-order valence-corrected chi connectivity index (χ2v) is 5.76. The summed E-state index contributed by atoms with van der Waals surface area (Å²) in [5.41, 5.74) is 0.297. The van der Waals surface area contributed by atoms with Crippen LogP contribution >= 0.6 is 0 Å². The highest BCUT2D eigenvalue weighted by Crippen LogP contribution is 2.12. The first-order chi connectivity index (χ1) is 11.6. The fourth-order valence-electron chi connectivity index (χ4n) is 2.67. The summed E-state index contributed by atoms with van der Waals surface area (Å²) in [5, 5.41) is 12.7. The number of carbonyl (C=O) groups excluding carboxylic acids is 1. The van der Waals surface area contributed by atoms with Gasteiger partial charge in [0.25, 0.3) is 11.5 Å². The fourth-order valence-corrected chi connectivity index (χ4v) is 2.67. The van der Waals surface area contributed by atoms with E-state index < -0.39 is 17.3 Å². The predicted molar refractivity (Wildman–Crippen MR) is 87.5 cm³/mol. The molecule has 2 N–H and O–H groups in total. The summed E-state index contributed by atoms with van der Waals surface area (Å²) in [5.74, 6) is -1.16. The summed E-state index contributed by atoms with van der Waals surface area (Å²) in [6.45, 7) is 5.91. The number of rotatable bonds is 4. The van der Waals surface area contributed by atoms with Gasteiger partial charge in [0.05, 0.1) is 13.2 Å². The average Bonchev–Trinajstić information content (AvgIpc) is 2.55. The number of nitrogens with one attached hydrogen (secondary N) is 1. The number of pyridine rings is 1. The molecular formula is C16H20N4O4. The zero-order valence-corrected chi connectivity index (χ0v) is 13.5. The first kappa shape index (κ1) is 16.4. The Hall–Kier alpha value is -2.45. The molecule has 2 aromatic heterocycles. The van der Waals surface area contributed by atoms with E-state index in [4.69, 9.17) is 4.74 Å². The molecule has 1 aliphatic rings. The van der Waals surface area contributed by atoms with Gasteiger partial charge in [0.15, 0.2) is 5.56 Å². The molecule has 1 amide bonds. The van der Waals surface area contributed by atoms with Crippen molar-refractivity contribution in [3.05, 3.63) is 39.8 Å². The largest absolute Gasteiger partial charge is 0.493 e. The molecule has 2 aromatic rings. The molecule has 1 fully saturated rings. The number of carbonyl (C=O) groups is 1. The van der Waals surface area contributed by atoms with Gasteiger partial charge in [-0.3, -0.25) is 18.9 Å². The molecule has 0 atom stereocenters. The molecule has 0 aromatic carbocycles. The maximum absolute atomic E-state index is 12.4. The van der Waals surface area contributed by atoms with Crippen LogP contribution in [0, 0.1) is 6.92 Å². The van der Waals surface area contributed by atoms with Crippen LogP contribution in [0.1, 0.15) is 15.9 Å². The minimum absolute atomic E-state index is 0.308. The molecule has 8 heteroatoms. The molecule has 0 spiro atoms. The highest BCUT2D eigenvalue weighted by Gasteiger charge is 2.20. The minimum atomic E-state index is -0.617. The number of hydrogen-bond acceptors (Lipinski definition) is 6. The Balaban J connectivity index is 1.74. The quantitative estimate of drug-likeness (QED) is 0.803. The van der Waals surface area contributed by atoms with Gasteiger partial charge in [-0.2, -0.15) is 4.98 Å². The number of aryl methyl sites for hydroxylation is 1. The summed E-state index contributed by atoms with van der Waals surface area (Å²) < 4.78 is 6.52. The molecule has 24 heavy (non-hydrogen) atoms. The maximum Gasteiger partial charge on any atom is 0.274 e. The minimum Gasteiger partial charge on any atom is -0.493 e. The molecule has 3 rings (SSSR count). The van der Waals surface area contributed by atoms with E-state index in [1.807, 2.05) is 6.92 Å². The lowest BCUT2D eigenvalue weighted by Gasteiger charge is -2.26. The molecular weight excluding hydrogens is 312 g/mol. The summed E-state index contributed by atoms with van der Waals surface area (Å²) in [6, 6.07) is 3.41. The fraction of sp³-hybridized carbons (Fsp3) is 0.438. The van der Waals surface area contributed by atoms with Gasteiger partial charge in [-0.15, -0.1) is 0 Å². The normalized spacial score (nSPS) is 15.5. The van der Waals surface area contributed by atoms with Crippen LogP contribution < -0.4 is 10.9 Å². The number of nitrogens with zero attached hydrogens (tertiary/aromatic N) is 3. The zero-order chi connectivity index (χ0) is 17.1. The van der Waals surface area contributed by atoms with Crippen LogP contribution in [0.15, 0.2) is 23.1 Å². The maximum atomic E-state index is 12.4. The van der Waals surface area contributed by atoms with Crippen LogP contribution in [-0.2, 0) is 4.74 Å². The number of amides is 1. The Bertz CT molecular complexity index is 812. The van der Waals surface area contributed by atoms with Crippen molar-refractivity contribution in [1.82, 2.24) is 19.6 Å². The highest BCUT2D eigenvalue weighted by molar-refractivity contribution is 5.96. The monoisotopic (exact) mass is 332 g/mol. The number of aromatic nitrogens is 2. The smallest absolute Gasteiger partial charge is 0.274 e.